The summed E-state index contributed by atoms with van der Waals surface area (Å²) in [7, 11) is -3.49. The number of aryl methyl sites for hydroxylation is 1. The average Bonchev–Trinajstić information content (AvgIpc) is 2.53. The highest BCUT2D eigenvalue weighted by atomic mass is 79.9. The first-order valence-corrected chi connectivity index (χ1v) is 8.50. The molecule has 1 fully saturated rings. The third-order valence-corrected chi connectivity index (χ3v) is 6.13. The maximum Gasteiger partial charge on any atom is 0.243 e. The molecular weight excluding hydrogens is 330 g/mol. The van der Waals surface area contributed by atoms with Crippen molar-refractivity contribution in [2.45, 2.75) is 29.5 Å². The van der Waals surface area contributed by atoms with Gasteiger partial charge < -0.3 is 0 Å². The van der Waals surface area contributed by atoms with Gasteiger partial charge in [0.2, 0.25) is 10.0 Å². The summed E-state index contributed by atoms with van der Waals surface area (Å²) in [5.74, 6) is 0.0709. The average molecular weight is 346 g/mol. The van der Waals surface area contributed by atoms with Crippen LogP contribution in [-0.2, 0) is 14.8 Å². The molecule has 1 aromatic carbocycles. The summed E-state index contributed by atoms with van der Waals surface area (Å²) in [6.07, 6.45) is 0.783. The van der Waals surface area contributed by atoms with Gasteiger partial charge in [-0.05, 0) is 25.5 Å². The van der Waals surface area contributed by atoms with Gasteiger partial charge in [0.1, 0.15) is 5.78 Å². The normalized spacial score (nSPS) is 22.2. The van der Waals surface area contributed by atoms with Gasteiger partial charge in [-0.3, -0.25) is 4.79 Å². The molecule has 0 spiro atoms. The minimum atomic E-state index is -3.49. The Bertz CT molecular complexity index is 568. The Balaban J connectivity index is 2.24. The molecule has 1 heterocycles. The number of carbonyl (C=O) groups excluding carboxylic acids is 1. The fourth-order valence-corrected chi connectivity index (χ4v) is 3.91. The number of sulfonamides is 1. The van der Waals surface area contributed by atoms with E-state index in [-0.39, 0.29) is 23.6 Å². The molecule has 0 aliphatic carbocycles. The molecule has 1 unspecified atom stereocenters. The zero-order chi connectivity index (χ0) is 14.0. The van der Waals surface area contributed by atoms with Crippen molar-refractivity contribution in [3.8, 4) is 0 Å². The third-order valence-electron chi connectivity index (χ3n) is 3.25. The highest BCUT2D eigenvalue weighted by Gasteiger charge is 2.29. The number of carbonyl (C=O) groups is 1. The van der Waals surface area contributed by atoms with Crippen molar-refractivity contribution in [3.63, 3.8) is 0 Å². The second-order valence-electron chi connectivity index (χ2n) is 4.69. The number of Topliss-reactive ketones (excluding diaryl/α,β-unsaturated/α-hetero) is 1. The molecule has 19 heavy (non-hydrogen) atoms. The monoisotopic (exact) mass is 345 g/mol. The molecule has 0 radical (unpaired) electrons. The van der Waals surface area contributed by atoms with E-state index in [1.165, 1.54) is 4.31 Å². The topological polar surface area (TPSA) is 54.5 Å². The first-order valence-electron chi connectivity index (χ1n) is 6.15. The van der Waals surface area contributed by atoms with Crippen molar-refractivity contribution in [2.24, 2.45) is 0 Å². The van der Waals surface area contributed by atoms with Gasteiger partial charge in [0.25, 0.3) is 0 Å². The van der Waals surface area contributed by atoms with Crippen LogP contribution in [0.3, 0.4) is 0 Å². The lowest BCUT2D eigenvalue weighted by molar-refractivity contribution is -0.118. The molecule has 1 atom stereocenters. The fraction of sp³-hybridized carbons (Fsp3) is 0.462. The van der Waals surface area contributed by atoms with E-state index in [1.807, 2.05) is 6.92 Å². The number of rotatable bonds is 2. The number of ketones is 1. The molecule has 0 bridgehead atoms. The van der Waals surface area contributed by atoms with Gasteiger partial charge in [-0.15, -0.1) is 0 Å². The van der Waals surface area contributed by atoms with Crippen molar-refractivity contribution in [1.82, 2.24) is 4.31 Å². The van der Waals surface area contributed by atoms with Crippen LogP contribution in [-0.4, -0.2) is 36.4 Å². The number of hydrogen-bond donors (Lipinski definition) is 0. The van der Waals surface area contributed by atoms with Gasteiger partial charge in [-0.2, -0.15) is 4.31 Å². The number of benzene rings is 1. The Kier molecular flexibility index (Phi) is 4.43. The third kappa shape index (κ3) is 3.24. The summed E-state index contributed by atoms with van der Waals surface area (Å²) in [5.41, 5.74) is 1.02. The number of alkyl halides is 1. The van der Waals surface area contributed by atoms with Gasteiger partial charge >= 0.3 is 0 Å². The molecule has 0 amide bonds. The summed E-state index contributed by atoms with van der Waals surface area (Å²) in [6.45, 7) is 2.55. The number of hydrogen-bond acceptors (Lipinski definition) is 3. The highest BCUT2D eigenvalue weighted by Crippen LogP contribution is 2.22. The van der Waals surface area contributed by atoms with E-state index in [9.17, 15) is 13.2 Å². The van der Waals surface area contributed by atoms with E-state index in [0.29, 0.717) is 17.9 Å². The molecule has 1 aliphatic rings. The summed E-state index contributed by atoms with van der Waals surface area (Å²) < 4.78 is 26.3. The molecule has 1 saturated heterocycles. The predicted molar refractivity (Wildman–Crippen MR) is 76.9 cm³/mol. The van der Waals surface area contributed by atoms with Crippen molar-refractivity contribution in [2.75, 3.05) is 13.1 Å². The van der Waals surface area contributed by atoms with Crippen LogP contribution in [0.5, 0.6) is 0 Å². The Morgan fingerprint density at radius 3 is 2.47 bits per heavy atom. The van der Waals surface area contributed by atoms with Crippen LogP contribution in [0.2, 0.25) is 0 Å². The Morgan fingerprint density at radius 2 is 1.84 bits per heavy atom. The predicted octanol–water partition coefficient (Wildman–Crippen LogP) is 2.11. The van der Waals surface area contributed by atoms with Crippen LogP contribution in [0.25, 0.3) is 0 Å². The second kappa shape index (κ2) is 5.73. The first-order chi connectivity index (χ1) is 8.91. The van der Waals surface area contributed by atoms with Gasteiger partial charge in [-0.25, -0.2) is 8.42 Å². The summed E-state index contributed by atoms with van der Waals surface area (Å²) in [5, 5.41) is 0. The lowest BCUT2D eigenvalue weighted by Gasteiger charge is -2.19. The van der Waals surface area contributed by atoms with E-state index >= 15 is 0 Å². The smallest absolute Gasteiger partial charge is 0.243 e. The Hall–Kier alpha value is -0.720. The van der Waals surface area contributed by atoms with Crippen molar-refractivity contribution in [1.29, 1.82) is 0 Å². The molecule has 0 N–H and O–H groups in total. The minimum Gasteiger partial charge on any atom is -0.298 e. The van der Waals surface area contributed by atoms with Crippen molar-refractivity contribution >= 4 is 31.7 Å². The van der Waals surface area contributed by atoms with Gasteiger partial charge in [0, 0.05) is 19.5 Å². The van der Waals surface area contributed by atoms with E-state index in [4.69, 9.17) is 0 Å². The number of halogens is 1. The van der Waals surface area contributed by atoms with Crippen LogP contribution < -0.4 is 0 Å². The van der Waals surface area contributed by atoms with E-state index in [2.05, 4.69) is 15.9 Å². The summed E-state index contributed by atoms with van der Waals surface area (Å²) in [6, 6.07) is 6.79. The van der Waals surface area contributed by atoms with Crippen LogP contribution >= 0.6 is 15.9 Å². The van der Waals surface area contributed by atoms with Gasteiger partial charge in [0.15, 0.2) is 0 Å². The first kappa shape index (κ1) is 14.7. The Morgan fingerprint density at radius 1 is 1.21 bits per heavy atom. The Labute approximate surface area is 122 Å². The lowest BCUT2D eigenvalue weighted by Crippen LogP contribution is -2.32. The molecule has 1 aromatic rings. The molecule has 4 nitrogen and oxygen atoms in total. The van der Waals surface area contributed by atoms with Crippen LogP contribution in [0.15, 0.2) is 29.2 Å². The maximum absolute atomic E-state index is 12.5. The zero-order valence-electron chi connectivity index (χ0n) is 10.7. The van der Waals surface area contributed by atoms with Gasteiger partial charge in [-0.1, -0.05) is 33.6 Å². The molecule has 0 aromatic heterocycles. The zero-order valence-corrected chi connectivity index (χ0v) is 13.1. The maximum atomic E-state index is 12.5. The van der Waals surface area contributed by atoms with Crippen LogP contribution in [0.1, 0.15) is 18.4 Å². The van der Waals surface area contributed by atoms with Crippen molar-refractivity contribution in [3.05, 3.63) is 29.8 Å². The van der Waals surface area contributed by atoms with E-state index < -0.39 is 10.0 Å². The van der Waals surface area contributed by atoms with Crippen LogP contribution in [0, 0.1) is 6.92 Å². The lowest BCUT2D eigenvalue weighted by atomic mass is 10.2. The highest BCUT2D eigenvalue weighted by molar-refractivity contribution is 9.10. The van der Waals surface area contributed by atoms with E-state index in [0.717, 1.165) is 5.56 Å². The minimum absolute atomic E-state index is 0.0709. The molecule has 6 heteroatoms. The molecular formula is C13H16BrNO3S. The van der Waals surface area contributed by atoms with E-state index in [1.54, 1.807) is 24.3 Å². The van der Waals surface area contributed by atoms with Crippen molar-refractivity contribution < 1.29 is 13.2 Å². The summed E-state index contributed by atoms with van der Waals surface area (Å²) in [4.78, 5) is 11.7. The second-order valence-corrected chi connectivity index (χ2v) is 7.73. The largest absolute Gasteiger partial charge is 0.298 e. The van der Waals surface area contributed by atoms with Crippen LogP contribution in [0.4, 0.5) is 0 Å². The molecule has 104 valence electrons. The number of nitrogens with zero attached hydrogens (tertiary/aromatic N) is 1. The quantitative estimate of drug-likeness (QED) is 0.771. The van der Waals surface area contributed by atoms with Gasteiger partial charge in [0.05, 0.1) is 9.72 Å². The SMILES string of the molecule is Cc1ccc(S(=O)(=O)N2CCC(=O)C(Br)CC2)cc1. The standard InChI is InChI=1S/C13H16BrNO3S/c1-10-2-4-11(5-3-10)19(17,18)15-8-6-12(14)13(16)7-9-15/h2-5,12H,6-9H2,1H3. The molecule has 1 aliphatic heterocycles. The summed E-state index contributed by atoms with van der Waals surface area (Å²) >= 11 is 3.29. The fourth-order valence-electron chi connectivity index (χ4n) is 2.02. The molecule has 2 rings (SSSR count). The molecule has 0 saturated carbocycles.